The minimum absolute atomic E-state index is 0.0165. The van der Waals surface area contributed by atoms with Gasteiger partial charge in [-0.15, -0.1) is 0 Å². The van der Waals surface area contributed by atoms with E-state index >= 15 is 0 Å². The second-order valence-electron chi connectivity index (χ2n) is 6.74. The smallest absolute Gasteiger partial charge is 0.295 e. The van der Waals surface area contributed by atoms with Crippen LogP contribution in [0.5, 0.6) is 5.75 Å². The molecule has 1 atom stereocenters. The Morgan fingerprint density at radius 2 is 1.59 bits per heavy atom. The summed E-state index contributed by atoms with van der Waals surface area (Å²) < 4.78 is 0. The maximum atomic E-state index is 12.9. The topological polar surface area (TPSA) is 90.7 Å². The molecule has 2 N–H and O–H groups in total. The summed E-state index contributed by atoms with van der Waals surface area (Å²) in [5.74, 6) is -1.60. The van der Waals surface area contributed by atoms with Crippen molar-refractivity contribution in [2.45, 2.75) is 12.6 Å². The second-order valence-corrected chi connectivity index (χ2v) is 6.74. The molecule has 1 unspecified atom stereocenters. The van der Waals surface area contributed by atoms with E-state index in [2.05, 4.69) is 4.98 Å². The van der Waals surface area contributed by atoms with Gasteiger partial charge in [0.1, 0.15) is 11.5 Å². The van der Waals surface area contributed by atoms with E-state index < -0.39 is 17.7 Å². The first-order chi connectivity index (χ1) is 14.1. The Balaban J connectivity index is 1.86. The van der Waals surface area contributed by atoms with E-state index in [9.17, 15) is 19.8 Å². The molecule has 4 rings (SSSR count). The summed E-state index contributed by atoms with van der Waals surface area (Å²) in [4.78, 5) is 31.1. The number of nitrogens with zero attached hydrogens (tertiary/aromatic N) is 2. The van der Waals surface area contributed by atoms with E-state index in [1.54, 1.807) is 24.3 Å². The number of hydrogen-bond donors (Lipinski definition) is 2. The Bertz CT molecular complexity index is 1080. The number of carbonyl (C=O) groups is 2. The number of ketones is 1. The third kappa shape index (κ3) is 3.48. The van der Waals surface area contributed by atoms with Crippen LogP contribution < -0.4 is 0 Å². The highest BCUT2D eigenvalue weighted by Gasteiger charge is 2.46. The van der Waals surface area contributed by atoms with Crippen LogP contribution in [-0.4, -0.2) is 31.8 Å². The van der Waals surface area contributed by atoms with Crippen molar-refractivity contribution in [2.24, 2.45) is 0 Å². The lowest BCUT2D eigenvalue weighted by atomic mass is 9.95. The van der Waals surface area contributed by atoms with Crippen molar-refractivity contribution in [1.29, 1.82) is 0 Å². The molecule has 0 bridgehead atoms. The van der Waals surface area contributed by atoms with Crippen LogP contribution in [0, 0.1) is 0 Å². The van der Waals surface area contributed by atoms with Gasteiger partial charge in [0.25, 0.3) is 11.7 Å². The molecule has 1 amide bonds. The van der Waals surface area contributed by atoms with Gasteiger partial charge in [-0.3, -0.25) is 14.6 Å². The van der Waals surface area contributed by atoms with Crippen molar-refractivity contribution in [3.05, 3.63) is 101 Å². The number of aliphatic hydroxyl groups excluding tert-OH is 1. The number of aliphatic hydroxyl groups is 1. The number of phenolic OH excluding ortho intramolecular Hbond substituents is 1. The van der Waals surface area contributed by atoms with Crippen molar-refractivity contribution in [2.75, 3.05) is 0 Å². The molecule has 6 nitrogen and oxygen atoms in total. The molecule has 0 aliphatic carbocycles. The van der Waals surface area contributed by atoms with Gasteiger partial charge in [0.15, 0.2) is 0 Å². The van der Waals surface area contributed by atoms with Crippen LogP contribution in [0.15, 0.2) is 84.7 Å². The van der Waals surface area contributed by atoms with Crippen LogP contribution in [0.25, 0.3) is 5.76 Å². The van der Waals surface area contributed by atoms with E-state index in [0.717, 1.165) is 5.56 Å². The molecule has 1 aliphatic heterocycles. The Kier molecular flexibility index (Phi) is 4.83. The summed E-state index contributed by atoms with van der Waals surface area (Å²) in [5, 5.41) is 20.5. The van der Waals surface area contributed by atoms with Crippen molar-refractivity contribution >= 4 is 17.4 Å². The molecular formula is C23H18N2O4. The van der Waals surface area contributed by atoms with Gasteiger partial charge in [0, 0.05) is 24.5 Å². The van der Waals surface area contributed by atoms with Gasteiger partial charge in [0.2, 0.25) is 0 Å². The molecule has 1 fully saturated rings. The summed E-state index contributed by atoms with van der Waals surface area (Å²) >= 11 is 0. The zero-order valence-corrected chi connectivity index (χ0v) is 15.4. The minimum Gasteiger partial charge on any atom is -0.508 e. The van der Waals surface area contributed by atoms with Crippen molar-refractivity contribution in [3.8, 4) is 5.75 Å². The SMILES string of the molecule is O=C1C(=O)N(Cc2ccccc2)C(c2ccc(O)cc2)/C1=C(\O)c1ccncc1. The molecular weight excluding hydrogens is 368 g/mol. The number of rotatable bonds is 4. The third-order valence-electron chi connectivity index (χ3n) is 4.90. The fraction of sp³-hybridized carbons (Fsp3) is 0.0870. The molecule has 1 aromatic heterocycles. The summed E-state index contributed by atoms with van der Waals surface area (Å²) in [6.45, 7) is 0.212. The van der Waals surface area contributed by atoms with E-state index in [1.807, 2.05) is 30.3 Å². The molecule has 6 heteroatoms. The van der Waals surface area contributed by atoms with Crippen LogP contribution in [-0.2, 0) is 16.1 Å². The minimum atomic E-state index is -0.774. The normalized spacial score (nSPS) is 18.2. The van der Waals surface area contributed by atoms with Crippen LogP contribution in [0.3, 0.4) is 0 Å². The largest absolute Gasteiger partial charge is 0.508 e. The van der Waals surface area contributed by atoms with Crippen LogP contribution >= 0.6 is 0 Å². The number of aromatic nitrogens is 1. The number of benzene rings is 2. The van der Waals surface area contributed by atoms with Gasteiger partial charge in [-0.2, -0.15) is 0 Å². The Hall–Kier alpha value is -3.93. The zero-order chi connectivity index (χ0) is 20.4. The lowest BCUT2D eigenvalue weighted by Gasteiger charge is -2.25. The van der Waals surface area contributed by atoms with Gasteiger partial charge in [-0.1, -0.05) is 42.5 Å². The standard InChI is InChI=1S/C23H18N2O4/c26-18-8-6-16(7-9-18)20-19(21(27)17-10-12-24-13-11-17)22(28)23(29)25(20)14-15-4-2-1-3-5-15/h1-13,20,26-27H,14H2/b21-19+. The summed E-state index contributed by atoms with van der Waals surface area (Å²) in [5.41, 5.74) is 1.90. The number of pyridine rings is 1. The first-order valence-corrected chi connectivity index (χ1v) is 9.08. The average molecular weight is 386 g/mol. The van der Waals surface area contributed by atoms with Crippen molar-refractivity contribution < 1.29 is 19.8 Å². The monoisotopic (exact) mass is 386 g/mol. The lowest BCUT2D eigenvalue weighted by molar-refractivity contribution is -0.140. The molecule has 2 aromatic carbocycles. The van der Waals surface area contributed by atoms with Crippen LogP contribution in [0.4, 0.5) is 0 Å². The van der Waals surface area contributed by atoms with Crippen LogP contribution in [0.1, 0.15) is 22.7 Å². The number of likely N-dealkylation sites (tertiary alicyclic amines) is 1. The highest BCUT2D eigenvalue weighted by molar-refractivity contribution is 6.46. The van der Waals surface area contributed by atoms with Crippen molar-refractivity contribution in [1.82, 2.24) is 9.88 Å². The van der Waals surface area contributed by atoms with Crippen LogP contribution in [0.2, 0.25) is 0 Å². The Morgan fingerprint density at radius 1 is 0.931 bits per heavy atom. The molecule has 2 heterocycles. The molecule has 144 valence electrons. The highest BCUT2D eigenvalue weighted by Crippen LogP contribution is 2.40. The van der Waals surface area contributed by atoms with Crippen molar-refractivity contribution in [3.63, 3.8) is 0 Å². The number of hydrogen-bond acceptors (Lipinski definition) is 5. The predicted molar refractivity (Wildman–Crippen MR) is 107 cm³/mol. The number of aromatic hydroxyl groups is 1. The second kappa shape index (κ2) is 7.59. The Morgan fingerprint density at radius 3 is 2.24 bits per heavy atom. The van der Waals surface area contributed by atoms with E-state index in [0.29, 0.717) is 11.1 Å². The molecule has 0 radical (unpaired) electrons. The van der Waals surface area contributed by atoms with E-state index in [4.69, 9.17) is 0 Å². The fourth-order valence-corrected chi connectivity index (χ4v) is 3.49. The quantitative estimate of drug-likeness (QED) is 0.407. The maximum absolute atomic E-state index is 12.9. The molecule has 1 aliphatic rings. The fourth-order valence-electron chi connectivity index (χ4n) is 3.49. The lowest BCUT2D eigenvalue weighted by Crippen LogP contribution is -2.29. The summed E-state index contributed by atoms with van der Waals surface area (Å²) in [7, 11) is 0. The molecule has 0 spiro atoms. The van der Waals surface area contributed by atoms with E-state index in [1.165, 1.54) is 29.4 Å². The molecule has 1 saturated heterocycles. The third-order valence-corrected chi connectivity index (χ3v) is 4.90. The highest BCUT2D eigenvalue weighted by atomic mass is 16.3. The number of amides is 1. The summed E-state index contributed by atoms with van der Waals surface area (Å²) in [6.07, 6.45) is 3.01. The summed E-state index contributed by atoms with van der Waals surface area (Å²) in [6, 6.07) is 18.0. The maximum Gasteiger partial charge on any atom is 0.295 e. The predicted octanol–water partition coefficient (Wildman–Crippen LogP) is 3.41. The molecule has 3 aromatic rings. The van der Waals surface area contributed by atoms with E-state index in [-0.39, 0.29) is 23.6 Å². The Labute approximate surface area is 167 Å². The first kappa shape index (κ1) is 18.4. The number of Topliss-reactive ketones (excluding diaryl/α,β-unsaturated/α-hetero) is 1. The van der Waals surface area contributed by atoms with Gasteiger partial charge in [0.05, 0.1) is 11.6 Å². The molecule has 29 heavy (non-hydrogen) atoms. The van der Waals surface area contributed by atoms with Gasteiger partial charge < -0.3 is 15.1 Å². The molecule has 0 saturated carbocycles. The number of phenols is 1. The average Bonchev–Trinajstić information content (AvgIpc) is 3.00. The first-order valence-electron chi connectivity index (χ1n) is 9.08. The van der Waals surface area contributed by atoms with Gasteiger partial charge in [-0.05, 0) is 35.4 Å². The number of carbonyl (C=O) groups excluding carboxylic acids is 2. The van der Waals surface area contributed by atoms with Gasteiger partial charge >= 0.3 is 0 Å². The van der Waals surface area contributed by atoms with Gasteiger partial charge in [-0.25, -0.2) is 0 Å². The zero-order valence-electron chi connectivity index (χ0n) is 15.4.